The molecule has 4 unspecified atom stereocenters. The number of nitrogen functional groups attached to an aromatic ring is 4. The van der Waals surface area contributed by atoms with Crippen molar-refractivity contribution >= 4 is 81.8 Å². The van der Waals surface area contributed by atoms with Gasteiger partial charge in [-0.05, 0) is 161 Å². The maximum atomic E-state index is 13.4. The third kappa shape index (κ3) is 21.4. The van der Waals surface area contributed by atoms with Crippen LogP contribution in [-0.4, -0.2) is 141 Å². The molecular weight excluding hydrogens is 1460 g/mol. The van der Waals surface area contributed by atoms with Crippen molar-refractivity contribution in [1.29, 1.82) is 0 Å². The van der Waals surface area contributed by atoms with Crippen molar-refractivity contribution in [3.63, 3.8) is 0 Å². The summed E-state index contributed by atoms with van der Waals surface area (Å²) in [6.07, 6.45) is 9.05. The lowest BCUT2D eigenvalue weighted by Gasteiger charge is -2.35. The number of piperazine rings is 2. The molecule has 4 aliphatic rings. The Balaban J connectivity index is 0. The van der Waals surface area contributed by atoms with Gasteiger partial charge in [0, 0.05) is 130 Å². The van der Waals surface area contributed by atoms with E-state index in [1.807, 2.05) is 74.5 Å². The predicted molar refractivity (Wildman–Crippen MR) is 453 cm³/mol. The van der Waals surface area contributed by atoms with Gasteiger partial charge in [0.15, 0.2) is 0 Å². The van der Waals surface area contributed by atoms with E-state index in [0.29, 0.717) is 35.6 Å². The topological polar surface area (TPSA) is 354 Å². The number of benzene rings is 2. The highest BCUT2D eigenvalue weighted by Crippen LogP contribution is 2.36. The quantitative estimate of drug-likeness (QED) is 0.0265. The fourth-order valence-electron chi connectivity index (χ4n) is 13.4. The second kappa shape index (κ2) is 38.5. The molecule has 10 aromatic rings. The lowest BCUT2D eigenvalue weighted by Crippen LogP contribution is -2.46. The van der Waals surface area contributed by atoms with Gasteiger partial charge in [-0.3, -0.25) is 19.2 Å². The number of carbonyl (C=O) groups is 4. The average Bonchev–Trinajstić information content (AvgIpc) is 0.799. The van der Waals surface area contributed by atoms with Gasteiger partial charge in [0.05, 0.1) is 33.4 Å². The first-order valence-electron chi connectivity index (χ1n) is 37.0. The number of halogens is 6. The van der Waals surface area contributed by atoms with Crippen LogP contribution < -0.4 is 64.6 Å². The Kier molecular flexibility index (Phi) is 27.8. The number of alkyl halides is 6. The minimum Gasteiger partial charge on any atom is -0.383 e. The highest BCUT2D eigenvalue weighted by Gasteiger charge is 2.39. The number of hydrogen-bond acceptors (Lipinski definition) is 24. The van der Waals surface area contributed by atoms with E-state index in [0.717, 1.165) is 119 Å². The van der Waals surface area contributed by atoms with Gasteiger partial charge in [-0.15, -0.1) is 0 Å². The monoisotopic (exact) mass is 1570 g/mol. The summed E-state index contributed by atoms with van der Waals surface area (Å²) in [4.78, 5) is 89.3. The van der Waals surface area contributed by atoms with Crippen molar-refractivity contribution in [3.8, 4) is 0 Å². The number of piperidine rings is 2. The van der Waals surface area contributed by atoms with Crippen LogP contribution in [0, 0.1) is 0 Å². The Morgan fingerprint density at radius 2 is 0.894 bits per heavy atom. The van der Waals surface area contributed by atoms with Gasteiger partial charge in [-0.2, -0.15) is 26.3 Å². The Morgan fingerprint density at radius 1 is 0.469 bits per heavy atom. The molecule has 14 N–H and O–H groups in total. The molecule has 0 amide bonds. The summed E-state index contributed by atoms with van der Waals surface area (Å²) in [5.41, 5.74) is 24.9. The van der Waals surface area contributed by atoms with E-state index < -0.39 is 46.4 Å². The average molecular weight is 1570 g/mol. The number of allylic oxidation sites excluding steroid dienone is 2. The number of carbonyl (C=O) groups excluding carboxylic acids is 4. The first kappa shape index (κ1) is 81.6. The molecule has 4 atom stereocenters. The van der Waals surface area contributed by atoms with E-state index in [9.17, 15) is 45.5 Å². The summed E-state index contributed by atoms with van der Waals surface area (Å²) in [5, 5.41) is 19.8. The Bertz CT molecular complexity index is 4870. The summed E-state index contributed by atoms with van der Waals surface area (Å²) < 4.78 is 80.1. The van der Waals surface area contributed by atoms with Crippen molar-refractivity contribution in [3.05, 3.63) is 273 Å². The number of aromatic nitrogens is 8. The first-order valence-corrected chi connectivity index (χ1v) is 37.0. The molecule has 2 aromatic carbocycles. The summed E-state index contributed by atoms with van der Waals surface area (Å²) in [6, 6.07) is 45.8. The molecule has 610 valence electrons. The van der Waals surface area contributed by atoms with Crippen LogP contribution in [0.5, 0.6) is 0 Å². The van der Waals surface area contributed by atoms with Gasteiger partial charge in [0.1, 0.15) is 69.3 Å². The number of nitrogens with zero attached hydrogens (tertiary/aromatic N) is 10. The standard InChI is InChI=1S/2C24H25N5O.C18H20F3N5O.C17H18F3N5O.12H2/c2*1-2-7-18-11-12-21(28-22(18)23(30)19-10-6-13-27-24(19)25)29-15-14-26-20(16-29)17-8-4-3-5-9-17;19-18(20,21)13-6-7-14(25-10-11-4-1-2-8-23-11)26-15(13)16(27)12-5-3-9-24-17(12)22;18-17(19,20)12-5-6-13(24-10-3-1-7-22-9-10)25-14(12)15(26)11-4-2-8-23-16(11)21;;;;;;;;;;;;/h2*2-13,20,26H,14-16H2,1H3,(H2,25,27);3,5-7,9,11,23H,1-2,4,8,10H2,(H2,22,24)(H,25,26);2,4-6,8,10,22H,1,3,7,9H2,(H2,21,23)(H,24,25);12*1H/b7-2+;7-2-;;;;;;;;;;;;;;. The molecule has 113 heavy (non-hydrogen) atoms. The summed E-state index contributed by atoms with van der Waals surface area (Å²) in [6.45, 7) is 11.7. The number of anilines is 8. The van der Waals surface area contributed by atoms with Crippen LogP contribution in [0.2, 0.25) is 0 Å². The van der Waals surface area contributed by atoms with Crippen molar-refractivity contribution in [2.45, 2.75) is 82.5 Å². The van der Waals surface area contributed by atoms with Gasteiger partial charge < -0.3 is 64.6 Å². The van der Waals surface area contributed by atoms with Crippen LogP contribution >= 0.6 is 0 Å². The molecule has 30 heteroatoms. The van der Waals surface area contributed by atoms with Crippen molar-refractivity contribution in [2.75, 3.05) is 109 Å². The third-order valence-electron chi connectivity index (χ3n) is 19.1. The molecule has 14 rings (SSSR count). The molecule has 0 bridgehead atoms. The van der Waals surface area contributed by atoms with Crippen LogP contribution in [0.3, 0.4) is 0 Å². The zero-order valence-electron chi connectivity index (χ0n) is 62.2. The Labute approximate surface area is 667 Å². The fourth-order valence-corrected chi connectivity index (χ4v) is 13.4. The van der Waals surface area contributed by atoms with E-state index in [1.54, 1.807) is 36.7 Å². The van der Waals surface area contributed by atoms with E-state index in [1.165, 1.54) is 59.9 Å². The SMILES string of the molecule is C/C=C/c1ccc(N2CCNC(c3ccccc3)C2)nc1C(=O)c1cccnc1N.C/C=C\c1ccc(N2CCNC(c3ccccc3)C2)nc1C(=O)c1cccnc1N.Nc1ncccc1C(=O)c1nc(NC2CCCNC2)ccc1C(F)(F)F.Nc1ncccc1C(=O)c1nc(NCC2CCCCN2)ccc1C(F)(F)F.[HH].[HH].[HH].[HH].[HH].[HH].[HH].[HH].[HH].[HH].[HH].[HH]. The molecule has 8 aromatic heterocycles. The van der Waals surface area contributed by atoms with Crippen molar-refractivity contribution < 1.29 is 62.6 Å². The van der Waals surface area contributed by atoms with Gasteiger partial charge in [-0.25, -0.2) is 39.9 Å². The van der Waals surface area contributed by atoms with E-state index in [4.69, 9.17) is 32.9 Å². The second-order valence-corrected chi connectivity index (χ2v) is 26.9. The zero-order valence-corrected chi connectivity index (χ0v) is 62.2. The summed E-state index contributed by atoms with van der Waals surface area (Å²) in [5.74, 6) is -0.0904. The number of rotatable bonds is 19. The Morgan fingerprint density at radius 3 is 1.28 bits per heavy atom. The number of pyridine rings is 8. The summed E-state index contributed by atoms with van der Waals surface area (Å²) in [7, 11) is 0. The molecule has 0 radical (unpaired) electrons. The molecule has 4 aliphatic heterocycles. The van der Waals surface area contributed by atoms with E-state index in [2.05, 4.69) is 120 Å². The first-order chi connectivity index (χ1) is 54.6. The van der Waals surface area contributed by atoms with Crippen LogP contribution in [0.4, 0.5) is 72.9 Å². The molecule has 12 heterocycles. The Hall–Kier alpha value is -12.4. The maximum absolute atomic E-state index is 13.4. The van der Waals surface area contributed by atoms with Gasteiger partial charge >= 0.3 is 12.4 Å². The number of nitrogens with two attached hydrogens (primary N) is 4. The molecular formula is C83H112F6N20O4. The van der Waals surface area contributed by atoms with Crippen LogP contribution in [0.1, 0.15) is 173 Å². The maximum Gasteiger partial charge on any atom is 0.418 e. The second-order valence-electron chi connectivity index (χ2n) is 26.9. The molecule has 0 spiro atoms. The van der Waals surface area contributed by atoms with E-state index >= 15 is 0 Å². The minimum atomic E-state index is -4.71. The molecule has 0 saturated carbocycles. The molecule has 0 aliphatic carbocycles. The van der Waals surface area contributed by atoms with Gasteiger partial charge in [0.2, 0.25) is 23.1 Å². The normalized spacial score (nSPS) is 17.1. The van der Waals surface area contributed by atoms with Gasteiger partial charge in [0.25, 0.3) is 0 Å². The largest absolute Gasteiger partial charge is 0.418 e. The van der Waals surface area contributed by atoms with Gasteiger partial charge in [-0.1, -0.05) is 91.4 Å². The predicted octanol–water partition coefficient (Wildman–Crippen LogP) is 15.2. The highest BCUT2D eigenvalue weighted by molar-refractivity contribution is 6.14. The molecule has 4 fully saturated rings. The molecule has 4 saturated heterocycles. The lowest BCUT2D eigenvalue weighted by atomic mass is 10.0. The highest BCUT2D eigenvalue weighted by atomic mass is 19.4. The van der Waals surface area contributed by atoms with Crippen molar-refractivity contribution in [1.82, 2.24) is 61.1 Å². The number of hydrogen-bond donors (Lipinski definition) is 10. The van der Waals surface area contributed by atoms with Crippen LogP contribution in [-0.2, 0) is 12.4 Å². The van der Waals surface area contributed by atoms with Crippen LogP contribution in [0.15, 0.2) is 195 Å². The van der Waals surface area contributed by atoms with E-state index in [-0.39, 0.29) is 98.9 Å². The smallest absolute Gasteiger partial charge is 0.383 e. The fraction of sp³-hybridized carbons (Fsp3) is 0.277. The number of ketones is 4. The van der Waals surface area contributed by atoms with Crippen molar-refractivity contribution in [2.24, 2.45) is 0 Å². The molecule has 24 nitrogen and oxygen atoms in total. The summed E-state index contributed by atoms with van der Waals surface area (Å²) >= 11 is 0. The third-order valence-corrected chi connectivity index (χ3v) is 19.1. The minimum absolute atomic E-state index is 0. The number of nitrogens with one attached hydrogen (secondary N) is 6. The zero-order chi connectivity index (χ0) is 80.0. The van der Waals surface area contributed by atoms with Crippen LogP contribution in [0.25, 0.3) is 12.2 Å². The lowest BCUT2D eigenvalue weighted by molar-refractivity contribution is -0.138.